The first-order valence-corrected chi connectivity index (χ1v) is 8.47. The fraction of sp³-hybridized carbons (Fsp3) is 0.300. The summed E-state index contributed by atoms with van der Waals surface area (Å²) < 4.78 is 79.6. The molecular weight excluding hydrogens is 368 g/mol. The second-order valence-corrected chi connectivity index (χ2v) is 6.86. The van der Waals surface area contributed by atoms with Crippen LogP contribution in [-0.4, -0.2) is 0 Å². The standard InChI is InChI=1S/C20H15F6N/c21-19(22,23)11-8-9-17-15(10-11)12-5-3-6-13(12)18(27-17)14-4-1-2-7-16(14)20(24,25)26/h1-5,7-10,12-13,18,27H,6H2/t12-,13+,18+/m1/s1. The van der Waals surface area contributed by atoms with Crippen molar-refractivity contribution in [1.82, 2.24) is 0 Å². The largest absolute Gasteiger partial charge is 0.416 e. The fourth-order valence-electron chi connectivity index (χ4n) is 4.10. The molecule has 0 spiro atoms. The van der Waals surface area contributed by atoms with Gasteiger partial charge >= 0.3 is 12.4 Å². The predicted molar refractivity (Wildman–Crippen MR) is 89.2 cm³/mol. The van der Waals surface area contributed by atoms with Crippen molar-refractivity contribution in [2.45, 2.75) is 30.7 Å². The molecule has 1 aliphatic carbocycles. The highest BCUT2D eigenvalue weighted by molar-refractivity contribution is 5.61. The van der Waals surface area contributed by atoms with Crippen LogP contribution in [0.3, 0.4) is 0 Å². The summed E-state index contributed by atoms with van der Waals surface area (Å²) in [4.78, 5) is 0. The summed E-state index contributed by atoms with van der Waals surface area (Å²) in [5.41, 5.74) is -0.434. The topological polar surface area (TPSA) is 12.0 Å². The summed E-state index contributed by atoms with van der Waals surface area (Å²) in [6, 6.07) is 8.09. The Morgan fingerprint density at radius 1 is 0.852 bits per heavy atom. The monoisotopic (exact) mass is 383 g/mol. The van der Waals surface area contributed by atoms with Crippen molar-refractivity contribution in [3.8, 4) is 0 Å². The lowest BCUT2D eigenvalue weighted by molar-refractivity contribution is -0.139. The molecule has 0 unspecified atom stereocenters. The summed E-state index contributed by atoms with van der Waals surface area (Å²) in [7, 11) is 0. The third-order valence-electron chi connectivity index (χ3n) is 5.29. The third kappa shape index (κ3) is 3.09. The first-order chi connectivity index (χ1) is 12.7. The highest BCUT2D eigenvalue weighted by Crippen LogP contribution is 2.52. The molecule has 0 bridgehead atoms. The van der Waals surface area contributed by atoms with Crippen LogP contribution in [0.25, 0.3) is 0 Å². The maximum atomic E-state index is 13.5. The third-order valence-corrected chi connectivity index (χ3v) is 5.29. The van der Waals surface area contributed by atoms with E-state index in [0.29, 0.717) is 17.7 Å². The van der Waals surface area contributed by atoms with E-state index in [0.717, 1.165) is 18.2 Å². The van der Waals surface area contributed by atoms with Crippen molar-refractivity contribution >= 4 is 5.69 Å². The van der Waals surface area contributed by atoms with Crippen molar-refractivity contribution in [2.75, 3.05) is 5.32 Å². The molecular formula is C20H15F6N. The van der Waals surface area contributed by atoms with E-state index in [-0.39, 0.29) is 17.4 Å². The fourth-order valence-corrected chi connectivity index (χ4v) is 4.10. The molecule has 27 heavy (non-hydrogen) atoms. The summed E-state index contributed by atoms with van der Waals surface area (Å²) in [6.45, 7) is 0. The molecule has 2 aromatic rings. The zero-order chi connectivity index (χ0) is 19.4. The molecule has 1 aliphatic heterocycles. The molecule has 3 atom stereocenters. The van der Waals surface area contributed by atoms with E-state index in [9.17, 15) is 26.3 Å². The van der Waals surface area contributed by atoms with Gasteiger partial charge in [0.15, 0.2) is 0 Å². The van der Waals surface area contributed by atoms with Crippen LogP contribution in [0.15, 0.2) is 54.6 Å². The van der Waals surface area contributed by atoms with E-state index < -0.39 is 29.5 Å². The number of benzene rings is 2. The predicted octanol–water partition coefficient (Wildman–Crippen LogP) is 6.55. The Hall–Kier alpha value is -2.44. The van der Waals surface area contributed by atoms with Gasteiger partial charge in [0.1, 0.15) is 0 Å². The lowest BCUT2D eigenvalue weighted by atomic mass is 9.75. The van der Waals surface area contributed by atoms with Gasteiger partial charge < -0.3 is 5.32 Å². The SMILES string of the molecule is FC(F)(F)c1ccc2c(c1)[C@@H]1C=CC[C@@H]1[C@@H](c1ccccc1C(F)(F)F)N2. The van der Waals surface area contributed by atoms with Crippen LogP contribution in [0.2, 0.25) is 0 Å². The molecule has 0 amide bonds. The van der Waals surface area contributed by atoms with E-state index >= 15 is 0 Å². The van der Waals surface area contributed by atoms with Crippen molar-refractivity contribution < 1.29 is 26.3 Å². The van der Waals surface area contributed by atoms with Crippen LogP contribution in [0.1, 0.15) is 40.6 Å². The van der Waals surface area contributed by atoms with Crippen molar-refractivity contribution in [2.24, 2.45) is 5.92 Å². The molecule has 0 aromatic heterocycles. The number of hydrogen-bond acceptors (Lipinski definition) is 1. The normalized spacial score (nSPS) is 24.3. The Kier molecular flexibility index (Phi) is 4.01. The summed E-state index contributed by atoms with van der Waals surface area (Å²) in [5, 5.41) is 3.07. The molecule has 2 aliphatic rings. The number of anilines is 1. The minimum Gasteiger partial charge on any atom is -0.378 e. The van der Waals surface area contributed by atoms with Gasteiger partial charge in [-0.05, 0) is 47.7 Å². The van der Waals surface area contributed by atoms with Gasteiger partial charge in [-0.25, -0.2) is 0 Å². The Balaban J connectivity index is 1.80. The molecule has 1 heterocycles. The molecule has 0 radical (unpaired) electrons. The van der Waals surface area contributed by atoms with E-state index in [1.807, 2.05) is 6.08 Å². The Bertz CT molecular complexity index is 896. The Morgan fingerprint density at radius 2 is 1.59 bits per heavy atom. The van der Waals surface area contributed by atoms with Crippen molar-refractivity contribution in [3.63, 3.8) is 0 Å². The average Bonchev–Trinajstić information content (AvgIpc) is 3.09. The van der Waals surface area contributed by atoms with Gasteiger partial charge in [-0.2, -0.15) is 26.3 Å². The molecule has 1 nitrogen and oxygen atoms in total. The first kappa shape index (κ1) is 17.9. The number of fused-ring (bicyclic) bond motifs is 3. The molecule has 2 aromatic carbocycles. The maximum absolute atomic E-state index is 13.5. The summed E-state index contributed by atoms with van der Waals surface area (Å²) in [5.74, 6) is -0.626. The van der Waals surface area contributed by atoms with Gasteiger partial charge in [0.25, 0.3) is 0 Å². The molecule has 1 N–H and O–H groups in total. The second-order valence-electron chi connectivity index (χ2n) is 6.86. The van der Waals surface area contributed by atoms with Gasteiger partial charge in [-0.1, -0.05) is 30.4 Å². The number of alkyl halides is 6. The zero-order valence-corrected chi connectivity index (χ0v) is 13.9. The van der Waals surface area contributed by atoms with Crippen LogP contribution in [-0.2, 0) is 12.4 Å². The van der Waals surface area contributed by atoms with E-state index in [1.54, 1.807) is 12.1 Å². The molecule has 0 fully saturated rings. The van der Waals surface area contributed by atoms with Crippen LogP contribution in [0.5, 0.6) is 0 Å². The molecule has 142 valence electrons. The van der Waals surface area contributed by atoms with Crippen LogP contribution in [0.4, 0.5) is 32.0 Å². The van der Waals surface area contributed by atoms with E-state index in [1.165, 1.54) is 18.2 Å². The van der Waals surface area contributed by atoms with Crippen LogP contribution in [0, 0.1) is 5.92 Å². The highest BCUT2D eigenvalue weighted by atomic mass is 19.4. The quantitative estimate of drug-likeness (QED) is 0.435. The number of nitrogens with one attached hydrogen (secondary N) is 1. The number of rotatable bonds is 1. The van der Waals surface area contributed by atoms with Gasteiger partial charge in [0.2, 0.25) is 0 Å². The molecule has 7 heteroatoms. The molecule has 0 saturated carbocycles. The Morgan fingerprint density at radius 3 is 2.30 bits per heavy atom. The van der Waals surface area contributed by atoms with Crippen molar-refractivity contribution in [1.29, 1.82) is 0 Å². The maximum Gasteiger partial charge on any atom is 0.416 e. The van der Waals surface area contributed by atoms with Crippen LogP contribution >= 0.6 is 0 Å². The average molecular weight is 383 g/mol. The lowest BCUT2D eigenvalue weighted by Crippen LogP contribution is -2.31. The van der Waals surface area contributed by atoms with E-state index in [2.05, 4.69) is 5.32 Å². The minimum atomic E-state index is -4.50. The van der Waals surface area contributed by atoms with E-state index in [4.69, 9.17) is 0 Å². The van der Waals surface area contributed by atoms with Gasteiger partial charge in [0, 0.05) is 11.6 Å². The first-order valence-electron chi connectivity index (χ1n) is 8.47. The second kappa shape index (κ2) is 6.04. The Labute approximate surface area is 151 Å². The smallest absolute Gasteiger partial charge is 0.378 e. The number of allylic oxidation sites excluding steroid dienone is 2. The summed E-state index contributed by atoms with van der Waals surface area (Å²) >= 11 is 0. The highest BCUT2D eigenvalue weighted by Gasteiger charge is 2.43. The minimum absolute atomic E-state index is 0.120. The van der Waals surface area contributed by atoms with Gasteiger partial charge in [0.05, 0.1) is 17.2 Å². The lowest BCUT2D eigenvalue weighted by Gasteiger charge is -2.38. The van der Waals surface area contributed by atoms with Gasteiger partial charge in [-0.3, -0.25) is 0 Å². The molecule has 0 saturated heterocycles. The van der Waals surface area contributed by atoms with Gasteiger partial charge in [-0.15, -0.1) is 0 Å². The van der Waals surface area contributed by atoms with Crippen molar-refractivity contribution in [3.05, 3.63) is 76.9 Å². The van der Waals surface area contributed by atoms with Crippen LogP contribution < -0.4 is 5.32 Å². The number of hydrogen-bond donors (Lipinski definition) is 1. The number of halogens is 6. The zero-order valence-electron chi connectivity index (χ0n) is 13.9. The summed E-state index contributed by atoms with van der Waals surface area (Å²) in [6.07, 6.45) is -4.83. The molecule has 4 rings (SSSR count).